The Morgan fingerprint density at radius 1 is 1.40 bits per heavy atom. The van der Waals surface area contributed by atoms with Gasteiger partial charge in [0, 0.05) is 6.04 Å². The van der Waals surface area contributed by atoms with Crippen molar-refractivity contribution in [2.24, 2.45) is 0 Å². The molecule has 1 atom stereocenters. The fourth-order valence-corrected chi connectivity index (χ4v) is 0.955. The van der Waals surface area contributed by atoms with E-state index in [0.29, 0.717) is 0 Å². The Morgan fingerprint density at radius 2 is 2.00 bits per heavy atom. The second-order valence-corrected chi connectivity index (χ2v) is 3.71. The lowest BCUT2D eigenvalue weighted by Crippen LogP contribution is -2.43. The summed E-state index contributed by atoms with van der Waals surface area (Å²) in [6.45, 7) is 2.40. The number of carbonyl (C=O) groups is 2. The summed E-state index contributed by atoms with van der Waals surface area (Å²) in [7, 11) is 3.91. The van der Waals surface area contributed by atoms with E-state index in [1.165, 1.54) is 0 Å². The predicted molar refractivity (Wildman–Crippen MR) is 56.8 cm³/mol. The predicted octanol–water partition coefficient (Wildman–Crippen LogP) is -0.290. The molecule has 0 spiro atoms. The standard InChI is InChI=1S/C9H19N3O3/c1-7(4-5-12(2)3)11-9(15)10-6-8(13)14/h7H,4-6H2,1-3H3,(H,13,14)(H2,10,11,15). The van der Waals surface area contributed by atoms with E-state index in [0.717, 1.165) is 13.0 Å². The third-order valence-electron chi connectivity index (χ3n) is 1.79. The zero-order valence-corrected chi connectivity index (χ0v) is 9.41. The maximum absolute atomic E-state index is 11.1. The van der Waals surface area contributed by atoms with Crippen LogP contribution in [0, 0.1) is 0 Å². The highest BCUT2D eigenvalue weighted by molar-refractivity contribution is 5.79. The number of nitrogens with one attached hydrogen (secondary N) is 2. The number of hydrogen-bond acceptors (Lipinski definition) is 3. The summed E-state index contributed by atoms with van der Waals surface area (Å²) >= 11 is 0. The van der Waals surface area contributed by atoms with E-state index in [2.05, 4.69) is 10.6 Å². The summed E-state index contributed by atoms with van der Waals surface area (Å²) < 4.78 is 0. The van der Waals surface area contributed by atoms with Gasteiger partial charge < -0.3 is 20.6 Å². The van der Waals surface area contributed by atoms with E-state index in [-0.39, 0.29) is 12.6 Å². The van der Waals surface area contributed by atoms with Crippen molar-refractivity contribution >= 4 is 12.0 Å². The molecule has 0 aliphatic heterocycles. The van der Waals surface area contributed by atoms with Gasteiger partial charge in [-0.15, -0.1) is 0 Å². The molecule has 0 radical (unpaired) electrons. The number of rotatable bonds is 6. The molecule has 3 N–H and O–H groups in total. The van der Waals surface area contributed by atoms with Gasteiger partial charge in [0.25, 0.3) is 0 Å². The van der Waals surface area contributed by atoms with Crippen LogP contribution < -0.4 is 10.6 Å². The first-order chi connectivity index (χ1) is 6.91. The summed E-state index contributed by atoms with van der Waals surface area (Å²) in [6.07, 6.45) is 0.827. The Hall–Kier alpha value is -1.30. The van der Waals surface area contributed by atoms with Crippen molar-refractivity contribution in [2.45, 2.75) is 19.4 Å². The highest BCUT2D eigenvalue weighted by atomic mass is 16.4. The normalized spacial score (nSPS) is 12.3. The van der Waals surface area contributed by atoms with Crippen LogP contribution in [0.3, 0.4) is 0 Å². The van der Waals surface area contributed by atoms with Crippen molar-refractivity contribution in [1.29, 1.82) is 0 Å². The molecule has 1 unspecified atom stereocenters. The van der Waals surface area contributed by atoms with Gasteiger partial charge in [0.15, 0.2) is 0 Å². The molecule has 0 saturated heterocycles. The van der Waals surface area contributed by atoms with Crippen molar-refractivity contribution in [1.82, 2.24) is 15.5 Å². The van der Waals surface area contributed by atoms with E-state index in [1.54, 1.807) is 0 Å². The van der Waals surface area contributed by atoms with Crippen LogP contribution in [-0.2, 0) is 4.79 Å². The Bertz CT molecular complexity index is 219. The van der Waals surface area contributed by atoms with Crippen LogP contribution in [0.25, 0.3) is 0 Å². The summed E-state index contributed by atoms with van der Waals surface area (Å²) in [5, 5.41) is 13.2. The first-order valence-corrected chi connectivity index (χ1v) is 4.82. The van der Waals surface area contributed by atoms with E-state index in [1.807, 2.05) is 25.9 Å². The molecule has 0 saturated carbocycles. The van der Waals surface area contributed by atoms with Crippen molar-refractivity contribution in [3.63, 3.8) is 0 Å². The molecule has 0 aromatic heterocycles. The first-order valence-electron chi connectivity index (χ1n) is 4.82. The number of urea groups is 1. The molecule has 0 fully saturated rings. The third kappa shape index (κ3) is 9.01. The summed E-state index contributed by atoms with van der Waals surface area (Å²) in [5.74, 6) is -1.05. The molecular weight excluding hydrogens is 198 g/mol. The molecule has 0 aliphatic carbocycles. The van der Waals surface area contributed by atoms with E-state index in [9.17, 15) is 9.59 Å². The molecule has 0 aliphatic rings. The largest absolute Gasteiger partial charge is 0.480 e. The highest BCUT2D eigenvalue weighted by Crippen LogP contribution is 1.91. The van der Waals surface area contributed by atoms with Crippen LogP contribution in [0.2, 0.25) is 0 Å². The van der Waals surface area contributed by atoms with Gasteiger partial charge >= 0.3 is 12.0 Å². The Morgan fingerprint density at radius 3 is 2.47 bits per heavy atom. The highest BCUT2D eigenvalue weighted by Gasteiger charge is 2.07. The number of carbonyl (C=O) groups excluding carboxylic acids is 1. The fraction of sp³-hybridized carbons (Fsp3) is 0.778. The number of carboxylic acid groups (broad SMARTS) is 1. The van der Waals surface area contributed by atoms with Gasteiger partial charge in [-0.25, -0.2) is 4.79 Å². The minimum atomic E-state index is -1.05. The van der Waals surface area contributed by atoms with Gasteiger partial charge in [-0.3, -0.25) is 4.79 Å². The minimum absolute atomic E-state index is 0.0289. The van der Waals surface area contributed by atoms with Gasteiger partial charge in [-0.05, 0) is 34.0 Å². The van der Waals surface area contributed by atoms with Gasteiger partial charge in [-0.1, -0.05) is 0 Å². The van der Waals surface area contributed by atoms with Crippen LogP contribution in [0.15, 0.2) is 0 Å². The SMILES string of the molecule is CC(CCN(C)C)NC(=O)NCC(=O)O. The van der Waals surface area contributed by atoms with Crippen LogP contribution in [0.5, 0.6) is 0 Å². The lowest BCUT2D eigenvalue weighted by Gasteiger charge is -2.16. The number of hydrogen-bond donors (Lipinski definition) is 3. The Labute approximate surface area is 89.6 Å². The Kier molecular flexibility index (Phi) is 6.44. The lowest BCUT2D eigenvalue weighted by atomic mass is 10.2. The van der Waals surface area contributed by atoms with Crippen LogP contribution in [0.4, 0.5) is 4.79 Å². The second-order valence-electron chi connectivity index (χ2n) is 3.71. The first kappa shape index (κ1) is 13.7. The topological polar surface area (TPSA) is 81.7 Å². The fourth-order valence-electron chi connectivity index (χ4n) is 0.955. The quantitative estimate of drug-likeness (QED) is 0.571. The maximum Gasteiger partial charge on any atom is 0.323 e. The molecule has 6 nitrogen and oxygen atoms in total. The Balaban J connectivity index is 3.62. The zero-order valence-electron chi connectivity index (χ0n) is 9.41. The van der Waals surface area contributed by atoms with Gasteiger partial charge in [0.05, 0.1) is 0 Å². The van der Waals surface area contributed by atoms with Gasteiger partial charge in [0.2, 0.25) is 0 Å². The smallest absolute Gasteiger partial charge is 0.323 e. The average Bonchev–Trinajstić information content (AvgIpc) is 2.11. The van der Waals surface area contributed by atoms with Gasteiger partial charge in [0.1, 0.15) is 6.54 Å². The number of nitrogens with zero attached hydrogens (tertiary/aromatic N) is 1. The molecular formula is C9H19N3O3. The van der Waals surface area contributed by atoms with Crippen LogP contribution in [0.1, 0.15) is 13.3 Å². The average molecular weight is 217 g/mol. The summed E-state index contributed by atoms with van der Waals surface area (Å²) in [4.78, 5) is 23.3. The number of amides is 2. The molecule has 88 valence electrons. The maximum atomic E-state index is 11.1. The number of aliphatic carboxylic acids is 1. The molecule has 0 rings (SSSR count). The molecule has 2 amide bonds. The second kappa shape index (κ2) is 7.05. The van der Waals surface area contributed by atoms with Gasteiger partial charge in [-0.2, -0.15) is 0 Å². The summed E-state index contributed by atoms with van der Waals surface area (Å²) in [5.41, 5.74) is 0. The van der Waals surface area contributed by atoms with E-state index < -0.39 is 12.0 Å². The van der Waals surface area contributed by atoms with Crippen molar-refractivity contribution in [2.75, 3.05) is 27.2 Å². The molecule has 0 aromatic carbocycles. The molecule has 6 heteroatoms. The molecule has 0 bridgehead atoms. The van der Waals surface area contributed by atoms with Crippen LogP contribution >= 0.6 is 0 Å². The molecule has 0 heterocycles. The van der Waals surface area contributed by atoms with E-state index in [4.69, 9.17) is 5.11 Å². The van der Waals surface area contributed by atoms with Crippen molar-refractivity contribution < 1.29 is 14.7 Å². The molecule has 15 heavy (non-hydrogen) atoms. The number of carboxylic acids is 1. The van der Waals surface area contributed by atoms with Crippen LogP contribution in [-0.4, -0.2) is 55.2 Å². The lowest BCUT2D eigenvalue weighted by molar-refractivity contribution is -0.135. The zero-order chi connectivity index (χ0) is 11.8. The summed E-state index contributed by atoms with van der Waals surface area (Å²) in [6, 6.07) is -0.412. The van der Waals surface area contributed by atoms with Crippen molar-refractivity contribution in [3.8, 4) is 0 Å². The molecule has 0 aromatic rings. The third-order valence-corrected chi connectivity index (χ3v) is 1.79. The van der Waals surface area contributed by atoms with Crippen molar-refractivity contribution in [3.05, 3.63) is 0 Å². The monoisotopic (exact) mass is 217 g/mol. The minimum Gasteiger partial charge on any atom is -0.480 e. The van der Waals surface area contributed by atoms with E-state index >= 15 is 0 Å².